The van der Waals surface area contributed by atoms with Gasteiger partial charge in [-0.2, -0.15) is 13.2 Å². The van der Waals surface area contributed by atoms with Crippen LogP contribution in [0.4, 0.5) is 19.0 Å². The second-order valence-corrected chi connectivity index (χ2v) is 6.96. The van der Waals surface area contributed by atoms with E-state index in [0.717, 1.165) is 36.0 Å². The molecule has 7 heteroatoms. The number of pyridine rings is 1. The average molecular weight is 377 g/mol. The zero-order valence-corrected chi connectivity index (χ0v) is 15.0. The summed E-state index contributed by atoms with van der Waals surface area (Å²) in [4.78, 5) is 16.5. The minimum Gasteiger partial charge on any atom is -0.370 e. The molecule has 0 spiro atoms. The van der Waals surface area contributed by atoms with Crippen LogP contribution in [0.15, 0.2) is 42.6 Å². The zero-order valence-electron chi connectivity index (χ0n) is 15.0. The van der Waals surface area contributed by atoms with E-state index in [4.69, 9.17) is 0 Å². The van der Waals surface area contributed by atoms with Gasteiger partial charge >= 0.3 is 6.18 Å². The molecule has 1 atom stereocenters. The van der Waals surface area contributed by atoms with Crippen molar-refractivity contribution in [1.82, 2.24) is 10.3 Å². The Labute approximate surface area is 156 Å². The molecule has 2 aromatic rings. The summed E-state index contributed by atoms with van der Waals surface area (Å²) in [6.07, 6.45) is -0.141. The lowest BCUT2D eigenvalue weighted by Crippen LogP contribution is -2.28. The lowest BCUT2D eigenvalue weighted by atomic mass is 10.1. The molecule has 1 aromatic heterocycles. The van der Waals surface area contributed by atoms with Crippen LogP contribution in [0.25, 0.3) is 0 Å². The minimum atomic E-state index is -4.37. The van der Waals surface area contributed by atoms with Crippen molar-refractivity contribution in [3.8, 4) is 0 Å². The number of aromatic nitrogens is 1. The van der Waals surface area contributed by atoms with Crippen molar-refractivity contribution in [2.75, 3.05) is 11.9 Å². The summed E-state index contributed by atoms with van der Waals surface area (Å²) < 4.78 is 37.8. The highest BCUT2D eigenvalue weighted by Crippen LogP contribution is 2.29. The van der Waals surface area contributed by atoms with Gasteiger partial charge in [0.25, 0.3) is 0 Å². The number of benzene rings is 1. The zero-order chi connectivity index (χ0) is 19.4. The summed E-state index contributed by atoms with van der Waals surface area (Å²) in [5.74, 6) is 1.27. The maximum Gasteiger partial charge on any atom is 0.416 e. The number of halogens is 3. The summed E-state index contributed by atoms with van der Waals surface area (Å²) >= 11 is 0. The number of hydrogen-bond donors (Lipinski definition) is 2. The fraction of sp³-hybridized carbons (Fsp3) is 0.400. The lowest BCUT2D eigenvalue weighted by molar-refractivity contribution is -0.137. The molecule has 1 aliphatic rings. The van der Waals surface area contributed by atoms with E-state index in [9.17, 15) is 18.0 Å². The molecule has 0 bridgehead atoms. The number of carbonyl (C=O) groups excluding carboxylic acids is 1. The highest BCUT2D eigenvalue weighted by molar-refractivity contribution is 5.79. The number of rotatable bonds is 7. The molecule has 1 unspecified atom stereocenters. The van der Waals surface area contributed by atoms with Crippen LogP contribution in [0.5, 0.6) is 0 Å². The average Bonchev–Trinajstić information content (AvgIpc) is 3.44. The van der Waals surface area contributed by atoms with E-state index in [2.05, 4.69) is 15.6 Å². The van der Waals surface area contributed by atoms with Crippen LogP contribution in [0, 0.1) is 5.92 Å². The topological polar surface area (TPSA) is 54.0 Å². The molecule has 0 saturated heterocycles. The molecule has 3 rings (SSSR count). The lowest BCUT2D eigenvalue weighted by Gasteiger charge is -2.16. The molecule has 0 radical (unpaired) electrons. The van der Waals surface area contributed by atoms with Crippen LogP contribution < -0.4 is 10.6 Å². The van der Waals surface area contributed by atoms with Crippen LogP contribution in [-0.2, 0) is 17.4 Å². The molecule has 1 saturated carbocycles. The highest BCUT2D eigenvalue weighted by atomic mass is 19.4. The van der Waals surface area contributed by atoms with Gasteiger partial charge in [-0.15, -0.1) is 0 Å². The molecule has 1 fully saturated rings. The highest BCUT2D eigenvalue weighted by Gasteiger charge is 2.30. The van der Waals surface area contributed by atoms with E-state index in [1.54, 1.807) is 6.20 Å². The summed E-state index contributed by atoms with van der Waals surface area (Å²) in [6.45, 7) is 2.77. The maximum atomic E-state index is 12.6. The van der Waals surface area contributed by atoms with E-state index < -0.39 is 11.7 Å². The third-order valence-electron chi connectivity index (χ3n) is 4.58. The van der Waals surface area contributed by atoms with Crippen molar-refractivity contribution in [3.05, 3.63) is 59.3 Å². The molecular weight excluding hydrogens is 355 g/mol. The molecular formula is C20H22F3N3O. The van der Waals surface area contributed by atoms with Gasteiger partial charge in [0, 0.05) is 12.7 Å². The van der Waals surface area contributed by atoms with Crippen molar-refractivity contribution in [2.24, 2.45) is 5.92 Å². The second kappa shape index (κ2) is 7.98. The Morgan fingerprint density at radius 1 is 1.22 bits per heavy atom. The molecule has 1 aliphatic carbocycles. The van der Waals surface area contributed by atoms with Crippen LogP contribution in [0.3, 0.4) is 0 Å². The second-order valence-electron chi connectivity index (χ2n) is 6.96. The molecule has 4 nitrogen and oxygen atoms in total. The van der Waals surface area contributed by atoms with Gasteiger partial charge < -0.3 is 10.6 Å². The summed E-state index contributed by atoms with van der Waals surface area (Å²) in [7, 11) is 0. The molecule has 1 amide bonds. The molecule has 27 heavy (non-hydrogen) atoms. The van der Waals surface area contributed by atoms with E-state index in [0.29, 0.717) is 5.56 Å². The van der Waals surface area contributed by atoms with Crippen LogP contribution in [0.1, 0.15) is 42.5 Å². The van der Waals surface area contributed by atoms with E-state index in [-0.39, 0.29) is 18.4 Å². The Kier molecular flexibility index (Phi) is 5.68. The minimum absolute atomic E-state index is 0.0281. The third kappa shape index (κ3) is 5.70. The molecule has 1 aromatic carbocycles. The summed E-state index contributed by atoms with van der Waals surface area (Å²) in [5.41, 5.74) is 0.737. The Morgan fingerprint density at radius 3 is 2.56 bits per heavy atom. The van der Waals surface area contributed by atoms with Gasteiger partial charge in [0.2, 0.25) is 5.91 Å². The standard InChI is InChI=1S/C20H22F3N3O/c1-13(16-8-9-24-18(11-16)25-12-15-2-3-15)26-19(27)10-14-4-6-17(7-5-14)20(21,22)23/h4-9,11,13,15H,2-3,10,12H2,1H3,(H,24,25)(H,26,27). The van der Waals surface area contributed by atoms with Crippen molar-refractivity contribution in [2.45, 2.75) is 38.4 Å². The summed E-state index contributed by atoms with van der Waals surface area (Å²) in [5, 5.41) is 6.17. The normalized spacial score (nSPS) is 15.3. The van der Waals surface area contributed by atoms with Crippen molar-refractivity contribution < 1.29 is 18.0 Å². The maximum absolute atomic E-state index is 12.6. The smallest absolute Gasteiger partial charge is 0.370 e. The van der Waals surface area contributed by atoms with E-state index in [1.807, 2.05) is 19.1 Å². The first-order valence-electron chi connectivity index (χ1n) is 8.96. The number of anilines is 1. The van der Waals surface area contributed by atoms with Gasteiger partial charge in [0.1, 0.15) is 5.82 Å². The Hall–Kier alpha value is -2.57. The first-order valence-corrected chi connectivity index (χ1v) is 8.96. The van der Waals surface area contributed by atoms with Crippen LogP contribution in [0.2, 0.25) is 0 Å². The van der Waals surface area contributed by atoms with Crippen molar-refractivity contribution in [3.63, 3.8) is 0 Å². The van der Waals surface area contributed by atoms with Gasteiger partial charge in [0.15, 0.2) is 0 Å². The van der Waals surface area contributed by atoms with Gasteiger partial charge in [-0.1, -0.05) is 12.1 Å². The van der Waals surface area contributed by atoms with Gasteiger partial charge in [-0.3, -0.25) is 4.79 Å². The largest absolute Gasteiger partial charge is 0.416 e. The predicted octanol–water partition coefficient (Wildman–Crippen LogP) is 4.34. The predicted molar refractivity (Wildman–Crippen MR) is 97.2 cm³/mol. The first kappa shape index (κ1) is 19.2. The van der Waals surface area contributed by atoms with Gasteiger partial charge in [-0.05, 0) is 61.1 Å². The number of alkyl halides is 3. The van der Waals surface area contributed by atoms with E-state index >= 15 is 0 Å². The molecule has 0 aliphatic heterocycles. The molecule has 144 valence electrons. The van der Waals surface area contributed by atoms with Gasteiger partial charge in [-0.25, -0.2) is 4.98 Å². The SMILES string of the molecule is CC(NC(=O)Cc1ccc(C(F)(F)F)cc1)c1ccnc(NCC2CC2)c1. The van der Waals surface area contributed by atoms with Crippen molar-refractivity contribution in [1.29, 1.82) is 0 Å². The van der Waals surface area contributed by atoms with Gasteiger partial charge in [0.05, 0.1) is 18.0 Å². The molecule has 2 N–H and O–H groups in total. The fourth-order valence-corrected chi connectivity index (χ4v) is 2.76. The number of nitrogens with zero attached hydrogens (tertiary/aromatic N) is 1. The first-order chi connectivity index (χ1) is 12.8. The van der Waals surface area contributed by atoms with Crippen LogP contribution in [-0.4, -0.2) is 17.4 Å². The number of amides is 1. The number of carbonyl (C=O) groups is 1. The summed E-state index contributed by atoms with van der Waals surface area (Å²) in [6, 6.07) is 8.17. The van der Waals surface area contributed by atoms with Crippen molar-refractivity contribution >= 4 is 11.7 Å². The number of hydrogen-bond acceptors (Lipinski definition) is 3. The number of nitrogens with one attached hydrogen (secondary N) is 2. The van der Waals surface area contributed by atoms with Crippen LogP contribution >= 0.6 is 0 Å². The quantitative estimate of drug-likeness (QED) is 0.755. The van der Waals surface area contributed by atoms with E-state index in [1.165, 1.54) is 25.0 Å². The molecule has 1 heterocycles. The fourth-order valence-electron chi connectivity index (χ4n) is 2.76. The Bertz CT molecular complexity index is 786. The third-order valence-corrected chi connectivity index (χ3v) is 4.58. The monoisotopic (exact) mass is 377 g/mol. The Balaban J connectivity index is 1.54. The Morgan fingerprint density at radius 2 is 1.93 bits per heavy atom.